The zero-order valence-corrected chi connectivity index (χ0v) is 10.7. The molecule has 1 aromatic carbocycles. The van der Waals surface area contributed by atoms with E-state index in [0.717, 1.165) is 31.4 Å². The zero-order chi connectivity index (χ0) is 13.3. The molecule has 0 heterocycles. The number of nitrogens with two attached hydrogens (primary N) is 1. The highest BCUT2D eigenvalue weighted by atomic mass is 19.1. The van der Waals surface area contributed by atoms with Crippen molar-refractivity contribution in [1.82, 2.24) is 0 Å². The predicted octanol–water partition coefficient (Wildman–Crippen LogP) is 3.75. The summed E-state index contributed by atoms with van der Waals surface area (Å²) in [6.45, 7) is 4.38. The maximum Gasteiger partial charge on any atom is 0.167 e. The molecule has 100 valence electrons. The molecule has 1 aromatic rings. The van der Waals surface area contributed by atoms with Crippen LogP contribution in [-0.2, 0) is 0 Å². The number of rotatable bonds is 2. The van der Waals surface area contributed by atoms with Gasteiger partial charge in [-0.05, 0) is 31.1 Å². The smallest absolute Gasteiger partial charge is 0.167 e. The Labute approximate surface area is 106 Å². The van der Waals surface area contributed by atoms with Gasteiger partial charge >= 0.3 is 0 Å². The lowest BCUT2D eigenvalue weighted by Crippen LogP contribution is -2.29. The Hall–Kier alpha value is -1.32. The van der Waals surface area contributed by atoms with Crippen LogP contribution in [-0.4, -0.2) is 6.10 Å². The number of nitrogen functional groups attached to an aromatic ring is 1. The Morgan fingerprint density at radius 2 is 1.83 bits per heavy atom. The SMILES string of the molecule is CC1CCC(Oc2cc(F)c(N)cc2F)CC1C. The Balaban J connectivity index is 2.08. The van der Waals surface area contributed by atoms with Gasteiger partial charge in [0, 0.05) is 12.1 Å². The van der Waals surface area contributed by atoms with Crippen molar-refractivity contribution in [2.75, 3.05) is 5.73 Å². The van der Waals surface area contributed by atoms with E-state index in [9.17, 15) is 8.78 Å². The Morgan fingerprint density at radius 1 is 1.11 bits per heavy atom. The molecular formula is C14H19F2NO. The van der Waals surface area contributed by atoms with E-state index in [4.69, 9.17) is 10.5 Å². The number of ether oxygens (including phenoxy) is 1. The van der Waals surface area contributed by atoms with E-state index in [1.54, 1.807) is 0 Å². The second-order valence-corrected chi connectivity index (χ2v) is 5.31. The van der Waals surface area contributed by atoms with Gasteiger partial charge in [-0.1, -0.05) is 13.8 Å². The van der Waals surface area contributed by atoms with Crippen LogP contribution in [0.15, 0.2) is 12.1 Å². The van der Waals surface area contributed by atoms with Gasteiger partial charge in [-0.2, -0.15) is 0 Å². The molecule has 1 saturated carbocycles. The standard InChI is InChI=1S/C14H19F2NO/c1-8-3-4-10(5-9(8)2)18-14-7-11(15)13(17)6-12(14)16/h6-10H,3-5,17H2,1-2H3. The molecule has 3 unspecified atom stereocenters. The molecular weight excluding hydrogens is 236 g/mol. The van der Waals surface area contributed by atoms with Gasteiger partial charge in [-0.25, -0.2) is 8.78 Å². The van der Waals surface area contributed by atoms with E-state index in [1.807, 2.05) is 0 Å². The van der Waals surface area contributed by atoms with Crippen molar-refractivity contribution < 1.29 is 13.5 Å². The summed E-state index contributed by atoms with van der Waals surface area (Å²) in [7, 11) is 0. The highest BCUT2D eigenvalue weighted by Gasteiger charge is 2.26. The first-order chi connectivity index (χ1) is 8.47. The van der Waals surface area contributed by atoms with Crippen LogP contribution in [0.1, 0.15) is 33.1 Å². The second kappa shape index (κ2) is 5.12. The average Bonchev–Trinajstić information content (AvgIpc) is 2.31. The first-order valence-electron chi connectivity index (χ1n) is 6.38. The van der Waals surface area contributed by atoms with Crippen LogP contribution in [0.25, 0.3) is 0 Å². The minimum atomic E-state index is -0.636. The van der Waals surface area contributed by atoms with Crippen LogP contribution in [0.2, 0.25) is 0 Å². The summed E-state index contributed by atoms with van der Waals surface area (Å²) in [6.07, 6.45) is 2.79. The summed E-state index contributed by atoms with van der Waals surface area (Å²) in [5.74, 6) is -0.0551. The maximum absolute atomic E-state index is 13.6. The summed E-state index contributed by atoms with van der Waals surface area (Å²) in [6, 6.07) is 2.01. The molecule has 2 rings (SSSR count). The van der Waals surface area contributed by atoms with Crippen molar-refractivity contribution in [3.05, 3.63) is 23.8 Å². The van der Waals surface area contributed by atoms with E-state index < -0.39 is 11.6 Å². The fourth-order valence-corrected chi connectivity index (χ4v) is 2.42. The molecule has 3 atom stereocenters. The molecule has 1 aliphatic carbocycles. The fraction of sp³-hybridized carbons (Fsp3) is 0.571. The van der Waals surface area contributed by atoms with Gasteiger partial charge in [0.05, 0.1) is 11.8 Å². The predicted molar refractivity (Wildman–Crippen MR) is 67.4 cm³/mol. The molecule has 0 saturated heterocycles. The van der Waals surface area contributed by atoms with E-state index in [0.29, 0.717) is 11.8 Å². The van der Waals surface area contributed by atoms with Crippen LogP contribution in [0, 0.1) is 23.5 Å². The summed E-state index contributed by atoms with van der Waals surface area (Å²) in [5, 5.41) is 0. The molecule has 1 aliphatic rings. The number of benzene rings is 1. The van der Waals surface area contributed by atoms with Crippen molar-refractivity contribution >= 4 is 5.69 Å². The van der Waals surface area contributed by atoms with Gasteiger partial charge in [0.25, 0.3) is 0 Å². The minimum Gasteiger partial charge on any atom is -0.487 e. The van der Waals surface area contributed by atoms with E-state index in [-0.39, 0.29) is 17.5 Å². The topological polar surface area (TPSA) is 35.2 Å². The lowest BCUT2D eigenvalue weighted by atomic mass is 9.80. The third-order valence-electron chi connectivity index (χ3n) is 3.89. The molecule has 4 heteroatoms. The maximum atomic E-state index is 13.6. The van der Waals surface area contributed by atoms with Crippen molar-refractivity contribution in [3.8, 4) is 5.75 Å². The molecule has 0 aliphatic heterocycles. The van der Waals surface area contributed by atoms with Gasteiger partial charge in [-0.3, -0.25) is 0 Å². The largest absolute Gasteiger partial charge is 0.487 e. The number of anilines is 1. The highest BCUT2D eigenvalue weighted by Crippen LogP contribution is 2.33. The van der Waals surface area contributed by atoms with Crippen molar-refractivity contribution in [3.63, 3.8) is 0 Å². The second-order valence-electron chi connectivity index (χ2n) is 5.31. The Morgan fingerprint density at radius 3 is 2.50 bits per heavy atom. The van der Waals surface area contributed by atoms with Gasteiger partial charge in [0.1, 0.15) is 5.82 Å². The van der Waals surface area contributed by atoms with E-state index in [2.05, 4.69) is 13.8 Å². The van der Waals surface area contributed by atoms with Gasteiger partial charge in [0.2, 0.25) is 0 Å². The molecule has 0 spiro atoms. The van der Waals surface area contributed by atoms with Gasteiger partial charge < -0.3 is 10.5 Å². The molecule has 1 fully saturated rings. The van der Waals surface area contributed by atoms with E-state index in [1.165, 1.54) is 0 Å². The Bertz CT molecular complexity index is 436. The molecule has 0 amide bonds. The molecule has 18 heavy (non-hydrogen) atoms. The van der Waals surface area contributed by atoms with Crippen LogP contribution in [0.4, 0.5) is 14.5 Å². The lowest BCUT2D eigenvalue weighted by molar-refractivity contribution is 0.0965. The van der Waals surface area contributed by atoms with E-state index >= 15 is 0 Å². The van der Waals surface area contributed by atoms with Crippen LogP contribution in [0.3, 0.4) is 0 Å². The number of hydrogen-bond donors (Lipinski definition) is 1. The third-order valence-corrected chi connectivity index (χ3v) is 3.89. The minimum absolute atomic E-state index is 0.0336. The van der Waals surface area contributed by atoms with Gasteiger partial charge in [-0.15, -0.1) is 0 Å². The van der Waals surface area contributed by atoms with Crippen LogP contribution in [0.5, 0.6) is 5.75 Å². The zero-order valence-electron chi connectivity index (χ0n) is 10.7. The lowest BCUT2D eigenvalue weighted by Gasteiger charge is -2.32. The van der Waals surface area contributed by atoms with Crippen molar-refractivity contribution in [1.29, 1.82) is 0 Å². The van der Waals surface area contributed by atoms with Gasteiger partial charge in [0.15, 0.2) is 11.6 Å². The molecule has 0 aromatic heterocycles. The quantitative estimate of drug-likeness (QED) is 0.817. The summed E-state index contributed by atoms with van der Waals surface area (Å²) in [4.78, 5) is 0. The normalized spacial score (nSPS) is 28.1. The first kappa shape index (κ1) is 13.1. The van der Waals surface area contributed by atoms with Crippen LogP contribution >= 0.6 is 0 Å². The summed E-state index contributed by atoms with van der Waals surface area (Å²) < 4.78 is 32.4. The Kier molecular flexibility index (Phi) is 3.73. The van der Waals surface area contributed by atoms with Crippen molar-refractivity contribution in [2.45, 2.75) is 39.2 Å². The van der Waals surface area contributed by atoms with Crippen LogP contribution < -0.4 is 10.5 Å². The molecule has 0 radical (unpaired) electrons. The fourth-order valence-electron chi connectivity index (χ4n) is 2.42. The third kappa shape index (κ3) is 2.74. The number of hydrogen-bond acceptors (Lipinski definition) is 2. The number of halogens is 2. The molecule has 0 bridgehead atoms. The monoisotopic (exact) mass is 255 g/mol. The first-order valence-corrected chi connectivity index (χ1v) is 6.38. The average molecular weight is 255 g/mol. The molecule has 2 N–H and O–H groups in total. The highest BCUT2D eigenvalue weighted by molar-refractivity contribution is 5.44. The summed E-state index contributed by atoms with van der Waals surface area (Å²) in [5.41, 5.74) is 5.10. The molecule has 2 nitrogen and oxygen atoms in total. The van der Waals surface area contributed by atoms with Crippen molar-refractivity contribution in [2.24, 2.45) is 11.8 Å². The summed E-state index contributed by atoms with van der Waals surface area (Å²) >= 11 is 0.